The molecule has 2 aliphatic rings. The van der Waals surface area contributed by atoms with Crippen molar-refractivity contribution in [3.05, 3.63) is 46.0 Å². The van der Waals surface area contributed by atoms with Crippen LogP contribution in [0.25, 0.3) is 20.9 Å². The molecule has 3 heterocycles. The van der Waals surface area contributed by atoms with Crippen molar-refractivity contribution >= 4 is 33.8 Å². The number of fused-ring (bicyclic) bond motifs is 1. The summed E-state index contributed by atoms with van der Waals surface area (Å²) < 4.78 is 0. The highest BCUT2D eigenvalue weighted by Gasteiger charge is 2.33. The van der Waals surface area contributed by atoms with Gasteiger partial charge in [-0.2, -0.15) is 0 Å². The van der Waals surface area contributed by atoms with E-state index in [1.165, 1.54) is 22.6 Å². The van der Waals surface area contributed by atoms with Crippen molar-refractivity contribution < 1.29 is 9.90 Å². The van der Waals surface area contributed by atoms with E-state index in [0.717, 1.165) is 71.3 Å². The van der Waals surface area contributed by atoms with Gasteiger partial charge in [0.1, 0.15) is 0 Å². The largest absolute Gasteiger partial charge is 0.478 e. The standard InChI is InChI=1S/C27H33N3O2S2/c1-27(2)12-11-21-19(15-27)22(25(31)32)24(33-21)18-9-7-17(8-10-18)23-20(16-29(3)4)28-26(34-23)30-13-5-6-14-30/h7-10H,5-6,11-16H2,1-4H3,(H,31,32). The van der Waals surface area contributed by atoms with Gasteiger partial charge in [0.05, 0.1) is 16.1 Å². The number of anilines is 1. The predicted octanol–water partition coefficient (Wildman–Crippen LogP) is 6.41. The second-order valence-electron chi connectivity index (χ2n) is 10.6. The molecule has 0 unspecified atom stereocenters. The van der Waals surface area contributed by atoms with Gasteiger partial charge < -0.3 is 14.9 Å². The second-order valence-corrected chi connectivity index (χ2v) is 12.7. The number of carboxylic acid groups (broad SMARTS) is 1. The van der Waals surface area contributed by atoms with Gasteiger partial charge in [0.25, 0.3) is 0 Å². The van der Waals surface area contributed by atoms with Crippen LogP contribution in [0.3, 0.4) is 0 Å². The lowest BCUT2D eigenvalue weighted by Gasteiger charge is -2.29. The Morgan fingerprint density at radius 1 is 1.09 bits per heavy atom. The maximum Gasteiger partial charge on any atom is 0.337 e. The molecule has 1 fully saturated rings. The van der Waals surface area contributed by atoms with Gasteiger partial charge in [-0.15, -0.1) is 11.3 Å². The number of thiophene rings is 1. The number of aromatic nitrogens is 1. The molecular formula is C27H33N3O2S2. The van der Waals surface area contributed by atoms with Gasteiger partial charge >= 0.3 is 5.97 Å². The highest BCUT2D eigenvalue weighted by molar-refractivity contribution is 7.19. The SMILES string of the molecule is CN(C)Cc1nc(N2CCCC2)sc1-c1ccc(-c2sc3c(c2C(=O)O)CC(C)(C)CC3)cc1. The minimum absolute atomic E-state index is 0.154. The van der Waals surface area contributed by atoms with Gasteiger partial charge in [0, 0.05) is 29.4 Å². The van der Waals surface area contributed by atoms with E-state index in [1.807, 2.05) is 0 Å². The topological polar surface area (TPSA) is 56.7 Å². The van der Waals surface area contributed by atoms with Gasteiger partial charge in [0.15, 0.2) is 5.13 Å². The van der Waals surface area contributed by atoms with Crippen molar-refractivity contribution in [3.63, 3.8) is 0 Å². The van der Waals surface area contributed by atoms with E-state index < -0.39 is 5.97 Å². The fraction of sp³-hybridized carbons (Fsp3) is 0.481. The summed E-state index contributed by atoms with van der Waals surface area (Å²) in [5.41, 5.74) is 4.99. The van der Waals surface area contributed by atoms with Crippen LogP contribution in [0.4, 0.5) is 5.13 Å². The number of carbonyl (C=O) groups is 1. The summed E-state index contributed by atoms with van der Waals surface area (Å²) in [7, 11) is 4.16. The molecule has 2 aromatic heterocycles. The van der Waals surface area contributed by atoms with Crippen LogP contribution in [-0.4, -0.2) is 48.1 Å². The van der Waals surface area contributed by atoms with Crippen LogP contribution in [0.2, 0.25) is 0 Å². The Morgan fingerprint density at radius 3 is 2.35 bits per heavy atom. The molecule has 180 valence electrons. The molecule has 0 spiro atoms. The number of carboxylic acids is 1. The van der Waals surface area contributed by atoms with Crippen LogP contribution in [0, 0.1) is 5.41 Å². The first-order chi connectivity index (χ1) is 16.2. The summed E-state index contributed by atoms with van der Waals surface area (Å²) in [6, 6.07) is 8.48. The second kappa shape index (κ2) is 9.10. The lowest BCUT2D eigenvalue weighted by atomic mass is 9.76. The van der Waals surface area contributed by atoms with E-state index in [0.29, 0.717) is 5.56 Å². The van der Waals surface area contributed by atoms with E-state index in [-0.39, 0.29) is 5.41 Å². The third kappa shape index (κ3) is 4.53. The van der Waals surface area contributed by atoms with Crippen molar-refractivity contribution in [1.29, 1.82) is 0 Å². The van der Waals surface area contributed by atoms with E-state index in [4.69, 9.17) is 4.98 Å². The first kappa shape index (κ1) is 23.5. The maximum atomic E-state index is 12.3. The van der Waals surface area contributed by atoms with E-state index >= 15 is 0 Å². The lowest BCUT2D eigenvalue weighted by Crippen LogP contribution is -2.22. The molecule has 1 aliphatic carbocycles. The fourth-order valence-electron chi connectivity index (χ4n) is 5.14. The predicted molar refractivity (Wildman–Crippen MR) is 142 cm³/mol. The Hall–Kier alpha value is -2.22. The number of aryl methyl sites for hydroxylation is 1. The molecule has 0 radical (unpaired) electrons. The van der Waals surface area contributed by atoms with Crippen LogP contribution < -0.4 is 4.90 Å². The molecule has 1 saturated heterocycles. The summed E-state index contributed by atoms with van der Waals surface area (Å²) in [5.74, 6) is -0.805. The van der Waals surface area contributed by atoms with Crippen LogP contribution in [0.15, 0.2) is 24.3 Å². The van der Waals surface area contributed by atoms with E-state index in [1.54, 1.807) is 22.7 Å². The number of hydrogen-bond donors (Lipinski definition) is 1. The molecule has 0 atom stereocenters. The van der Waals surface area contributed by atoms with Crippen molar-refractivity contribution in [2.75, 3.05) is 32.1 Å². The number of thiazole rings is 1. The van der Waals surface area contributed by atoms with Crippen LogP contribution in [0.5, 0.6) is 0 Å². The quantitative estimate of drug-likeness (QED) is 0.428. The molecule has 1 aliphatic heterocycles. The zero-order valence-electron chi connectivity index (χ0n) is 20.5. The van der Waals surface area contributed by atoms with Gasteiger partial charge in [-0.3, -0.25) is 0 Å². The fourth-order valence-corrected chi connectivity index (χ4v) is 7.58. The summed E-state index contributed by atoms with van der Waals surface area (Å²) in [4.78, 5) is 25.2. The number of nitrogens with zero attached hydrogens (tertiary/aromatic N) is 3. The third-order valence-corrected chi connectivity index (χ3v) is 9.48. The van der Waals surface area contributed by atoms with Gasteiger partial charge in [-0.05, 0) is 68.3 Å². The zero-order chi connectivity index (χ0) is 24.0. The van der Waals surface area contributed by atoms with Crippen LogP contribution >= 0.6 is 22.7 Å². The summed E-state index contributed by atoms with van der Waals surface area (Å²) in [6.07, 6.45) is 5.39. The van der Waals surface area contributed by atoms with Crippen LogP contribution in [0.1, 0.15) is 59.6 Å². The number of hydrogen-bond acceptors (Lipinski definition) is 6. The summed E-state index contributed by atoms with van der Waals surface area (Å²) in [5, 5.41) is 11.2. The summed E-state index contributed by atoms with van der Waals surface area (Å²) in [6.45, 7) is 7.46. The zero-order valence-corrected chi connectivity index (χ0v) is 22.1. The Kier molecular flexibility index (Phi) is 6.29. The molecule has 0 saturated carbocycles. The number of rotatable bonds is 6. The highest BCUT2D eigenvalue weighted by Crippen LogP contribution is 2.45. The Morgan fingerprint density at radius 2 is 1.74 bits per heavy atom. The minimum atomic E-state index is -0.805. The third-order valence-electron chi connectivity index (χ3n) is 6.93. The Balaban J connectivity index is 1.51. The molecule has 0 bridgehead atoms. The molecule has 5 nitrogen and oxygen atoms in total. The molecule has 5 rings (SSSR count). The number of benzene rings is 1. The van der Waals surface area contributed by atoms with Gasteiger partial charge in [-0.25, -0.2) is 9.78 Å². The molecule has 1 N–H and O–H groups in total. The molecule has 3 aromatic rings. The molecule has 7 heteroatoms. The van der Waals surface area contributed by atoms with Gasteiger partial charge in [0.2, 0.25) is 0 Å². The van der Waals surface area contributed by atoms with Gasteiger partial charge in [-0.1, -0.05) is 49.4 Å². The van der Waals surface area contributed by atoms with Crippen molar-refractivity contribution in [2.24, 2.45) is 5.41 Å². The van der Waals surface area contributed by atoms with Crippen LogP contribution in [-0.2, 0) is 19.4 Å². The minimum Gasteiger partial charge on any atom is -0.478 e. The maximum absolute atomic E-state index is 12.3. The number of aromatic carboxylic acids is 1. The average Bonchev–Trinajstić information content (AvgIpc) is 3.51. The molecule has 0 amide bonds. The van der Waals surface area contributed by atoms with E-state index in [2.05, 4.69) is 62.0 Å². The molecule has 34 heavy (non-hydrogen) atoms. The Bertz CT molecular complexity index is 1200. The Labute approximate surface area is 210 Å². The van der Waals surface area contributed by atoms with Crippen molar-refractivity contribution in [1.82, 2.24) is 9.88 Å². The first-order valence-corrected chi connectivity index (χ1v) is 13.7. The average molecular weight is 496 g/mol. The highest BCUT2D eigenvalue weighted by atomic mass is 32.1. The molecule has 1 aromatic carbocycles. The molecular weight excluding hydrogens is 462 g/mol. The van der Waals surface area contributed by atoms with Crippen molar-refractivity contribution in [3.8, 4) is 20.9 Å². The van der Waals surface area contributed by atoms with E-state index in [9.17, 15) is 9.90 Å². The smallest absolute Gasteiger partial charge is 0.337 e. The van der Waals surface area contributed by atoms with Crippen molar-refractivity contribution in [2.45, 2.75) is 52.5 Å². The summed E-state index contributed by atoms with van der Waals surface area (Å²) >= 11 is 3.45. The lowest BCUT2D eigenvalue weighted by molar-refractivity contribution is 0.0696. The normalized spacial score (nSPS) is 17.4. The first-order valence-electron chi connectivity index (χ1n) is 12.1. The monoisotopic (exact) mass is 495 g/mol.